The van der Waals surface area contributed by atoms with Crippen LogP contribution >= 0.6 is 24.4 Å². The molecule has 8 nitrogen and oxygen atoms in total. The summed E-state index contributed by atoms with van der Waals surface area (Å²) in [6.07, 6.45) is 4.91. The van der Waals surface area contributed by atoms with Crippen LogP contribution in [-0.2, 0) is 0 Å². The highest BCUT2D eigenvalue weighted by Crippen LogP contribution is 2.31. The number of aliphatic hydroxyl groups is 2. The highest BCUT2D eigenvalue weighted by molar-refractivity contribution is 7.80. The van der Waals surface area contributed by atoms with Crippen molar-refractivity contribution in [2.45, 2.75) is 105 Å². The summed E-state index contributed by atoms with van der Waals surface area (Å²) in [5.41, 5.74) is -0.0430. The van der Waals surface area contributed by atoms with Gasteiger partial charge in [-0.25, -0.2) is 9.59 Å². The summed E-state index contributed by atoms with van der Waals surface area (Å²) in [4.78, 5) is 33.2. The number of rotatable bonds is 17. The number of hydrogen-bond donors (Lipinski definition) is 2. The standard InChI is InChI=1S/C28H50N4O4S2/c1-7-29-19-23(37)31(25(29)35)17-15-27(3,4)13-11-21(33)9-10-22(34)12-14-28(5,6)16-18-32-24(38)20-30(8-2)26(32)36/h21-22,33-34H,7-20H2,1-6H3. The van der Waals surface area contributed by atoms with Gasteiger partial charge in [0.15, 0.2) is 0 Å². The van der Waals surface area contributed by atoms with Crippen LogP contribution in [0.5, 0.6) is 0 Å². The first kappa shape index (κ1) is 32.8. The van der Waals surface area contributed by atoms with Crippen LogP contribution in [0.4, 0.5) is 9.59 Å². The Kier molecular flexibility index (Phi) is 12.4. The van der Waals surface area contributed by atoms with Gasteiger partial charge in [0.2, 0.25) is 0 Å². The number of amides is 4. The van der Waals surface area contributed by atoms with E-state index in [-0.39, 0.29) is 22.9 Å². The fourth-order valence-electron chi connectivity index (χ4n) is 4.99. The molecule has 2 saturated heterocycles. The van der Waals surface area contributed by atoms with E-state index < -0.39 is 12.2 Å². The molecule has 10 heteroatoms. The van der Waals surface area contributed by atoms with Crippen LogP contribution in [0.1, 0.15) is 92.9 Å². The van der Waals surface area contributed by atoms with E-state index in [1.165, 1.54) is 0 Å². The Morgan fingerprint density at radius 1 is 0.684 bits per heavy atom. The van der Waals surface area contributed by atoms with Crippen molar-refractivity contribution in [1.82, 2.24) is 19.6 Å². The summed E-state index contributed by atoms with van der Waals surface area (Å²) in [6.45, 7) is 16.2. The van der Waals surface area contributed by atoms with Gasteiger partial charge < -0.3 is 20.0 Å². The molecule has 2 N–H and O–H groups in total. The van der Waals surface area contributed by atoms with E-state index in [1.807, 2.05) is 13.8 Å². The van der Waals surface area contributed by atoms with E-state index in [2.05, 4.69) is 27.7 Å². The Morgan fingerprint density at radius 2 is 1.03 bits per heavy atom. The lowest BCUT2D eigenvalue weighted by molar-refractivity contribution is 0.0858. The lowest BCUT2D eigenvalue weighted by Crippen LogP contribution is -2.35. The zero-order valence-electron chi connectivity index (χ0n) is 24.4. The smallest absolute Gasteiger partial charge is 0.325 e. The summed E-state index contributed by atoms with van der Waals surface area (Å²) in [7, 11) is 0. The number of nitrogens with zero attached hydrogens (tertiary/aromatic N) is 4. The van der Waals surface area contributed by atoms with Gasteiger partial charge in [0, 0.05) is 26.2 Å². The van der Waals surface area contributed by atoms with E-state index in [0.29, 0.717) is 74.9 Å². The van der Waals surface area contributed by atoms with Gasteiger partial charge in [-0.3, -0.25) is 9.80 Å². The Hall–Kier alpha value is -1.36. The van der Waals surface area contributed by atoms with Crippen LogP contribution < -0.4 is 0 Å². The Balaban J connectivity index is 1.65. The molecule has 0 aromatic carbocycles. The van der Waals surface area contributed by atoms with E-state index in [0.717, 1.165) is 25.7 Å². The SMILES string of the molecule is CCN1CC(=S)N(CCC(C)(C)CCC(O)CCC(O)CCC(C)(C)CCN2C(=O)N(CC)CC2=S)C1=O. The van der Waals surface area contributed by atoms with Crippen molar-refractivity contribution < 1.29 is 19.8 Å². The molecule has 38 heavy (non-hydrogen) atoms. The summed E-state index contributed by atoms with van der Waals surface area (Å²) in [5.74, 6) is 0. The third-order valence-corrected chi connectivity index (χ3v) is 8.89. The molecule has 2 rings (SSSR count). The molecule has 0 radical (unpaired) electrons. The molecule has 0 aliphatic carbocycles. The monoisotopic (exact) mass is 570 g/mol. The average Bonchev–Trinajstić information content (AvgIpc) is 3.30. The van der Waals surface area contributed by atoms with Crippen molar-refractivity contribution >= 4 is 46.5 Å². The first-order valence-corrected chi connectivity index (χ1v) is 15.1. The third kappa shape index (κ3) is 9.68. The fourth-order valence-corrected chi connectivity index (χ4v) is 5.64. The van der Waals surface area contributed by atoms with Crippen LogP contribution in [0.2, 0.25) is 0 Å². The molecule has 4 amide bonds. The highest BCUT2D eigenvalue weighted by atomic mass is 32.1. The molecule has 2 fully saturated rings. The molecule has 0 bridgehead atoms. The lowest BCUT2D eigenvalue weighted by Gasteiger charge is -2.29. The van der Waals surface area contributed by atoms with Crippen molar-refractivity contribution in [2.75, 3.05) is 39.3 Å². The van der Waals surface area contributed by atoms with E-state index in [4.69, 9.17) is 24.4 Å². The maximum atomic E-state index is 12.4. The van der Waals surface area contributed by atoms with E-state index >= 15 is 0 Å². The number of likely N-dealkylation sites (N-methyl/N-ethyl adjacent to an activating group) is 2. The van der Waals surface area contributed by atoms with Gasteiger partial charge in [0.1, 0.15) is 9.98 Å². The number of thiocarbonyl (C=S) groups is 2. The Morgan fingerprint density at radius 3 is 1.32 bits per heavy atom. The van der Waals surface area contributed by atoms with Gasteiger partial charge in [0.05, 0.1) is 25.3 Å². The van der Waals surface area contributed by atoms with Gasteiger partial charge in [0.25, 0.3) is 0 Å². The third-order valence-electron chi connectivity index (χ3n) is 8.19. The summed E-state index contributed by atoms with van der Waals surface area (Å²) in [6, 6.07) is 0.00302. The minimum Gasteiger partial charge on any atom is -0.393 e. The zero-order chi connectivity index (χ0) is 28.7. The molecule has 2 atom stereocenters. The van der Waals surface area contributed by atoms with Gasteiger partial charge in [-0.1, -0.05) is 52.1 Å². The van der Waals surface area contributed by atoms with Crippen molar-refractivity contribution in [3.05, 3.63) is 0 Å². The van der Waals surface area contributed by atoms with Crippen LogP contribution in [0, 0.1) is 10.8 Å². The second-order valence-electron chi connectivity index (χ2n) is 12.5. The molecule has 218 valence electrons. The number of carbonyl (C=O) groups is 2. The lowest BCUT2D eigenvalue weighted by atomic mass is 9.82. The summed E-state index contributed by atoms with van der Waals surface area (Å²) < 4.78 is 0. The second kappa shape index (κ2) is 14.3. The highest BCUT2D eigenvalue weighted by Gasteiger charge is 2.34. The van der Waals surface area contributed by atoms with Crippen LogP contribution in [0.25, 0.3) is 0 Å². The quantitative estimate of drug-likeness (QED) is 0.238. The van der Waals surface area contributed by atoms with E-state index in [9.17, 15) is 19.8 Å². The van der Waals surface area contributed by atoms with Crippen LogP contribution in [0.3, 0.4) is 0 Å². The van der Waals surface area contributed by atoms with Gasteiger partial charge in [-0.05, 0) is 76.0 Å². The molecule has 0 aromatic rings. The van der Waals surface area contributed by atoms with Gasteiger partial charge in [-0.15, -0.1) is 0 Å². The molecule has 2 heterocycles. The first-order valence-electron chi connectivity index (χ1n) is 14.2. The van der Waals surface area contributed by atoms with Crippen molar-refractivity contribution in [3.63, 3.8) is 0 Å². The largest absolute Gasteiger partial charge is 0.393 e. The number of hydrogen-bond acceptors (Lipinski definition) is 6. The zero-order valence-corrected chi connectivity index (χ0v) is 26.0. The minimum atomic E-state index is -0.453. The fraction of sp³-hybridized carbons (Fsp3) is 0.857. The summed E-state index contributed by atoms with van der Waals surface area (Å²) in [5, 5.41) is 21.1. The average molecular weight is 571 g/mol. The second-order valence-corrected chi connectivity index (χ2v) is 13.4. The van der Waals surface area contributed by atoms with Crippen LogP contribution in [-0.4, -0.2) is 103 Å². The maximum Gasteiger partial charge on any atom is 0.325 e. The molecule has 2 unspecified atom stereocenters. The molecular weight excluding hydrogens is 520 g/mol. The Bertz CT molecular complexity index is 783. The maximum absolute atomic E-state index is 12.4. The predicted molar refractivity (Wildman–Crippen MR) is 160 cm³/mol. The predicted octanol–water partition coefficient (Wildman–Crippen LogP) is 5.05. The molecule has 0 aromatic heterocycles. The van der Waals surface area contributed by atoms with Gasteiger partial charge >= 0.3 is 12.1 Å². The van der Waals surface area contributed by atoms with Crippen molar-refractivity contribution in [3.8, 4) is 0 Å². The molecule has 2 aliphatic heterocycles. The van der Waals surface area contributed by atoms with Crippen LogP contribution in [0.15, 0.2) is 0 Å². The van der Waals surface area contributed by atoms with E-state index in [1.54, 1.807) is 19.6 Å². The molecular formula is C28H50N4O4S2. The topological polar surface area (TPSA) is 87.6 Å². The number of urea groups is 2. The minimum absolute atomic E-state index is 0.00151. The molecule has 0 spiro atoms. The number of aliphatic hydroxyl groups excluding tert-OH is 2. The molecule has 2 aliphatic rings. The molecule has 0 saturated carbocycles. The first-order chi connectivity index (χ1) is 17.7. The van der Waals surface area contributed by atoms with Crippen molar-refractivity contribution in [1.29, 1.82) is 0 Å². The van der Waals surface area contributed by atoms with Crippen molar-refractivity contribution in [2.24, 2.45) is 10.8 Å². The van der Waals surface area contributed by atoms with Gasteiger partial charge in [-0.2, -0.15) is 0 Å². The normalized spacial score (nSPS) is 18.8. The Labute approximate surface area is 240 Å². The number of carbonyl (C=O) groups excluding carboxylic acids is 2. The summed E-state index contributed by atoms with van der Waals surface area (Å²) >= 11 is 10.8.